The summed E-state index contributed by atoms with van der Waals surface area (Å²) in [4.78, 5) is 34.1. The third-order valence-electron chi connectivity index (χ3n) is 4.87. The van der Waals surface area contributed by atoms with Crippen LogP contribution in [0.3, 0.4) is 0 Å². The minimum Gasteiger partial charge on any atom is -0.465 e. The maximum atomic E-state index is 12.6. The van der Waals surface area contributed by atoms with E-state index in [2.05, 4.69) is 16.9 Å². The lowest BCUT2D eigenvalue weighted by Gasteiger charge is -2.17. The van der Waals surface area contributed by atoms with Crippen LogP contribution in [-0.2, 0) is 23.3 Å². The molecule has 1 aliphatic rings. The van der Waals surface area contributed by atoms with Gasteiger partial charge in [-0.15, -0.1) is 11.3 Å². The first-order valence-corrected chi connectivity index (χ1v) is 10.7. The molecule has 1 unspecified atom stereocenters. The molecule has 1 aliphatic carbocycles. The molecule has 5 nitrogen and oxygen atoms in total. The number of thioether (sulfide) groups is 1. The standard InChI is InChI=1S/C20H20N2O3S2/c1-11-6-7-14-15(8-11)27-18-16(14)17(23)21-20(22-18)26-10-12-4-3-5-13(9-12)19(24)25-2/h3-5,9,11H,6-8,10H2,1-2H3,(H,21,22,23). The number of methoxy groups -OCH3 is 1. The summed E-state index contributed by atoms with van der Waals surface area (Å²) in [6.07, 6.45) is 3.14. The summed E-state index contributed by atoms with van der Waals surface area (Å²) in [6, 6.07) is 7.31. The highest BCUT2D eigenvalue weighted by Gasteiger charge is 2.23. The van der Waals surface area contributed by atoms with Crippen molar-refractivity contribution in [1.82, 2.24) is 9.97 Å². The summed E-state index contributed by atoms with van der Waals surface area (Å²) in [5.41, 5.74) is 2.65. The Balaban J connectivity index is 1.58. The van der Waals surface area contributed by atoms with Crippen LogP contribution >= 0.6 is 23.1 Å². The Kier molecular flexibility index (Phi) is 5.06. The lowest BCUT2D eigenvalue weighted by molar-refractivity contribution is 0.0600. The molecule has 140 valence electrons. The van der Waals surface area contributed by atoms with Crippen molar-refractivity contribution in [3.05, 3.63) is 56.2 Å². The van der Waals surface area contributed by atoms with E-state index in [1.54, 1.807) is 23.5 Å². The molecule has 0 fully saturated rings. The Morgan fingerprint density at radius 2 is 2.30 bits per heavy atom. The molecule has 1 atom stereocenters. The first-order chi connectivity index (χ1) is 13.0. The summed E-state index contributed by atoms with van der Waals surface area (Å²) in [5.74, 6) is 0.926. The first kappa shape index (κ1) is 18.3. The Bertz CT molecular complexity index is 1070. The largest absolute Gasteiger partial charge is 0.465 e. The monoisotopic (exact) mass is 400 g/mol. The topological polar surface area (TPSA) is 72.0 Å². The van der Waals surface area contributed by atoms with Crippen LogP contribution in [0.4, 0.5) is 0 Å². The number of aromatic amines is 1. The summed E-state index contributed by atoms with van der Waals surface area (Å²) in [6.45, 7) is 2.26. The Morgan fingerprint density at radius 3 is 3.11 bits per heavy atom. The number of thiophene rings is 1. The SMILES string of the molecule is COC(=O)c1cccc(CSc2nc3sc4c(c3c(=O)[nH]2)CCC(C)C4)c1. The first-order valence-electron chi connectivity index (χ1n) is 8.89. The number of H-pyrrole nitrogens is 1. The molecule has 0 bridgehead atoms. The van der Waals surface area contributed by atoms with Crippen LogP contribution in [0.5, 0.6) is 0 Å². The molecule has 1 N–H and O–H groups in total. The second kappa shape index (κ2) is 7.48. The predicted octanol–water partition coefficient (Wildman–Crippen LogP) is 4.19. The van der Waals surface area contributed by atoms with Crippen molar-refractivity contribution in [2.45, 2.75) is 37.1 Å². The number of hydrogen-bond acceptors (Lipinski definition) is 6. The van der Waals surface area contributed by atoms with Crippen LogP contribution < -0.4 is 5.56 Å². The van der Waals surface area contributed by atoms with Crippen molar-refractivity contribution in [2.24, 2.45) is 5.92 Å². The fourth-order valence-corrected chi connectivity index (χ4v) is 5.70. The molecule has 0 radical (unpaired) electrons. The Morgan fingerprint density at radius 1 is 1.44 bits per heavy atom. The number of fused-ring (bicyclic) bond motifs is 3. The highest BCUT2D eigenvalue weighted by atomic mass is 32.2. The fourth-order valence-electron chi connectivity index (χ4n) is 3.46. The molecule has 4 rings (SSSR count). The average Bonchev–Trinajstić information content (AvgIpc) is 3.03. The molecular weight excluding hydrogens is 380 g/mol. The molecule has 0 amide bonds. The van der Waals surface area contributed by atoms with Gasteiger partial charge in [-0.2, -0.15) is 0 Å². The van der Waals surface area contributed by atoms with Crippen molar-refractivity contribution in [1.29, 1.82) is 0 Å². The lowest BCUT2D eigenvalue weighted by atomic mass is 9.89. The highest BCUT2D eigenvalue weighted by molar-refractivity contribution is 7.98. The zero-order valence-electron chi connectivity index (χ0n) is 15.2. The molecule has 0 spiro atoms. The lowest BCUT2D eigenvalue weighted by Crippen LogP contribution is -2.13. The number of benzene rings is 1. The molecule has 0 saturated carbocycles. The molecule has 2 aromatic heterocycles. The van der Waals surface area contributed by atoms with E-state index >= 15 is 0 Å². The molecule has 2 heterocycles. The minimum absolute atomic E-state index is 0.0436. The molecule has 0 aliphatic heterocycles. The van der Waals surface area contributed by atoms with Crippen LogP contribution in [0.25, 0.3) is 10.2 Å². The number of aromatic nitrogens is 2. The van der Waals surface area contributed by atoms with Crippen molar-refractivity contribution in [3.8, 4) is 0 Å². The van der Waals surface area contributed by atoms with Crippen molar-refractivity contribution in [2.75, 3.05) is 7.11 Å². The number of carbonyl (C=O) groups is 1. The molecule has 0 saturated heterocycles. The van der Waals surface area contributed by atoms with E-state index < -0.39 is 0 Å². The zero-order valence-corrected chi connectivity index (χ0v) is 16.8. The van der Waals surface area contributed by atoms with Crippen molar-refractivity contribution < 1.29 is 9.53 Å². The maximum Gasteiger partial charge on any atom is 0.337 e. The number of carbonyl (C=O) groups excluding carboxylic acids is 1. The number of nitrogens with one attached hydrogen (secondary N) is 1. The van der Waals surface area contributed by atoms with Gasteiger partial charge in [-0.25, -0.2) is 9.78 Å². The Labute approximate surface area is 165 Å². The van der Waals surface area contributed by atoms with E-state index in [1.165, 1.54) is 29.3 Å². The minimum atomic E-state index is -0.354. The van der Waals surface area contributed by atoms with Gasteiger partial charge in [0.1, 0.15) is 4.83 Å². The second-order valence-corrected chi connectivity index (χ2v) is 8.93. The van der Waals surface area contributed by atoms with Gasteiger partial charge in [0.15, 0.2) is 5.16 Å². The van der Waals surface area contributed by atoms with E-state index in [1.807, 2.05) is 12.1 Å². The predicted molar refractivity (Wildman–Crippen MR) is 109 cm³/mol. The smallest absolute Gasteiger partial charge is 0.337 e. The normalized spacial score (nSPS) is 16.3. The molecule has 7 heteroatoms. The number of aryl methyl sites for hydroxylation is 1. The molecular formula is C20H20N2O3S2. The van der Waals surface area contributed by atoms with Crippen LogP contribution in [0.2, 0.25) is 0 Å². The zero-order chi connectivity index (χ0) is 19.0. The van der Waals surface area contributed by atoms with E-state index in [-0.39, 0.29) is 11.5 Å². The van der Waals surface area contributed by atoms with E-state index in [4.69, 9.17) is 4.74 Å². The van der Waals surface area contributed by atoms with Crippen LogP contribution in [0.15, 0.2) is 34.2 Å². The second-order valence-electron chi connectivity index (χ2n) is 6.88. The van der Waals surface area contributed by atoms with Gasteiger partial charge in [0.05, 0.1) is 18.1 Å². The van der Waals surface area contributed by atoms with Gasteiger partial charge in [-0.05, 0) is 48.4 Å². The van der Waals surface area contributed by atoms with Gasteiger partial charge in [0.2, 0.25) is 0 Å². The third kappa shape index (κ3) is 3.66. The summed E-state index contributed by atoms with van der Waals surface area (Å²) < 4.78 is 4.76. The van der Waals surface area contributed by atoms with Crippen molar-refractivity contribution in [3.63, 3.8) is 0 Å². The molecule has 1 aromatic carbocycles. The van der Waals surface area contributed by atoms with Crippen molar-refractivity contribution >= 4 is 39.3 Å². The fraction of sp³-hybridized carbons (Fsp3) is 0.350. The summed E-state index contributed by atoms with van der Waals surface area (Å²) >= 11 is 3.12. The van der Waals surface area contributed by atoms with Gasteiger partial charge in [0.25, 0.3) is 5.56 Å². The van der Waals surface area contributed by atoms with Gasteiger partial charge in [-0.3, -0.25) is 4.79 Å². The quantitative estimate of drug-likeness (QED) is 0.404. The summed E-state index contributed by atoms with van der Waals surface area (Å²) in [5, 5.41) is 1.39. The van der Waals surface area contributed by atoms with Crippen LogP contribution in [0, 0.1) is 5.92 Å². The number of nitrogens with zero attached hydrogens (tertiary/aromatic N) is 1. The van der Waals surface area contributed by atoms with E-state index in [0.717, 1.165) is 35.0 Å². The third-order valence-corrected chi connectivity index (χ3v) is 6.96. The molecule has 3 aromatic rings. The molecule has 27 heavy (non-hydrogen) atoms. The number of hydrogen-bond donors (Lipinski definition) is 1. The van der Waals surface area contributed by atoms with Gasteiger partial charge in [0, 0.05) is 10.6 Å². The average molecular weight is 401 g/mol. The Hall–Kier alpha value is -2.12. The maximum absolute atomic E-state index is 12.6. The van der Waals surface area contributed by atoms with Crippen LogP contribution in [0.1, 0.15) is 39.7 Å². The number of rotatable bonds is 4. The number of ether oxygens (including phenoxy) is 1. The van der Waals surface area contributed by atoms with Gasteiger partial charge in [-0.1, -0.05) is 30.8 Å². The number of esters is 1. The van der Waals surface area contributed by atoms with E-state index in [0.29, 0.717) is 22.4 Å². The van der Waals surface area contributed by atoms with Crippen LogP contribution in [-0.4, -0.2) is 23.0 Å². The summed E-state index contributed by atoms with van der Waals surface area (Å²) in [7, 11) is 1.37. The van der Waals surface area contributed by atoms with E-state index in [9.17, 15) is 9.59 Å². The van der Waals surface area contributed by atoms with Gasteiger partial charge >= 0.3 is 5.97 Å². The van der Waals surface area contributed by atoms with Gasteiger partial charge < -0.3 is 9.72 Å². The highest BCUT2D eigenvalue weighted by Crippen LogP contribution is 2.36.